The van der Waals surface area contributed by atoms with Crippen LogP contribution in [0, 0.1) is 0 Å². The Labute approximate surface area is 81.7 Å². The number of aliphatic hydroxyl groups is 1. The second kappa shape index (κ2) is 8.48. The maximum Gasteiger partial charge on any atom is 0.126 e. The smallest absolute Gasteiger partial charge is 0.126 e. The summed E-state index contributed by atoms with van der Waals surface area (Å²) in [6, 6.07) is 0. The van der Waals surface area contributed by atoms with E-state index in [1.807, 2.05) is 0 Å². The van der Waals surface area contributed by atoms with E-state index >= 15 is 0 Å². The van der Waals surface area contributed by atoms with Crippen LogP contribution in [0.3, 0.4) is 0 Å². The summed E-state index contributed by atoms with van der Waals surface area (Å²) < 4.78 is 5.27. The summed E-state index contributed by atoms with van der Waals surface area (Å²) in [5.41, 5.74) is 0. The van der Waals surface area contributed by atoms with Crippen molar-refractivity contribution in [3.05, 3.63) is 0 Å². The Bertz CT molecular complexity index is 105. The van der Waals surface area contributed by atoms with Crippen molar-refractivity contribution in [2.45, 2.75) is 33.3 Å². The van der Waals surface area contributed by atoms with Crippen molar-refractivity contribution in [2.75, 3.05) is 32.8 Å². The van der Waals surface area contributed by atoms with Crippen LogP contribution in [0.25, 0.3) is 0 Å². The molecule has 0 saturated carbocycles. The molecule has 0 spiro atoms. The number of aliphatic hydroxyl groups excluding tert-OH is 1. The van der Waals surface area contributed by atoms with E-state index in [4.69, 9.17) is 4.74 Å². The normalized spacial score (nSPS) is 13.6. The maximum absolute atomic E-state index is 9.56. The Hall–Kier alpha value is -0.120. The Kier molecular flexibility index (Phi) is 8.40. The highest BCUT2D eigenvalue weighted by molar-refractivity contribution is 4.49. The average Bonchev–Trinajstić information content (AvgIpc) is 2.14. The molecule has 0 unspecified atom stereocenters. The summed E-state index contributed by atoms with van der Waals surface area (Å²) in [6.07, 6.45) is 0.714. The minimum Gasteiger partial charge on any atom is -0.385 e. The van der Waals surface area contributed by atoms with Crippen molar-refractivity contribution in [3.63, 3.8) is 0 Å². The molecule has 0 fully saturated rings. The van der Waals surface area contributed by atoms with Gasteiger partial charge in [-0.1, -0.05) is 6.92 Å². The minimum absolute atomic E-state index is 0.304. The molecule has 0 aliphatic heterocycles. The second-order valence-electron chi connectivity index (χ2n) is 3.39. The van der Waals surface area contributed by atoms with Gasteiger partial charge in [-0.2, -0.15) is 0 Å². The molecule has 0 amide bonds. The lowest BCUT2D eigenvalue weighted by molar-refractivity contribution is -0.899. The van der Waals surface area contributed by atoms with Gasteiger partial charge in [0.2, 0.25) is 0 Å². The van der Waals surface area contributed by atoms with Gasteiger partial charge >= 0.3 is 0 Å². The first-order valence-electron chi connectivity index (χ1n) is 5.33. The van der Waals surface area contributed by atoms with E-state index in [-0.39, 0.29) is 6.10 Å². The van der Waals surface area contributed by atoms with E-state index in [1.54, 1.807) is 0 Å². The van der Waals surface area contributed by atoms with Gasteiger partial charge in [-0.15, -0.1) is 0 Å². The van der Waals surface area contributed by atoms with Gasteiger partial charge in [0.15, 0.2) is 0 Å². The molecule has 0 rings (SSSR count). The SMILES string of the molecule is CCCOC[C@@H](O)C[NH+](CC)CC. The van der Waals surface area contributed by atoms with E-state index in [1.165, 1.54) is 4.90 Å². The molecule has 0 aromatic heterocycles. The highest BCUT2D eigenvalue weighted by atomic mass is 16.5. The molecule has 0 aromatic carbocycles. The van der Waals surface area contributed by atoms with Crippen molar-refractivity contribution in [1.82, 2.24) is 0 Å². The van der Waals surface area contributed by atoms with E-state index in [2.05, 4.69) is 20.8 Å². The first-order chi connectivity index (χ1) is 6.24. The van der Waals surface area contributed by atoms with Gasteiger partial charge in [0.05, 0.1) is 19.7 Å². The fourth-order valence-corrected chi connectivity index (χ4v) is 1.29. The average molecular weight is 190 g/mol. The number of rotatable bonds is 8. The quantitative estimate of drug-likeness (QED) is 0.515. The van der Waals surface area contributed by atoms with Crippen molar-refractivity contribution in [1.29, 1.82) is 0 Å². The van der Waals surface area contributed by atoms with Crippen molar-refractivity contribution in [3.8, 4) is 0 Å². The van der Waals surface area contributed by atoms with E-state index in [0.717, 1.165) is 32.7 Å². The van der Waals surface area contributed by atoms with Crippen LogP contribution >= 0.6 is 0 Å². The largest absolute Gasteiger partial charge is 0.385 e. The van der Waals surface area contributed by atoms with Crippen LogP contribution in [0.1, 0.15) is 27.2 Å². The molecule has 0 aromatic rings. The highest BCUT2D eigenvalue weighted by Crippen LogP contribution is 1.84. The highest BCUT2D eigenvalue weighted by Gasteiger charge is 2.11. The zero-order valence-corrected chi connectivity index (χ0v) is 9.18. The lowest BCUT2D eigenvalue weighted by Gasteiger charge is -2.19. The molecule has 0 saturated heterocycles. The van der Waals surface area contributed by atoms with Crippen LogP contribution in [0.2, 0.25) is 0 Å². The van der Waals surface area contributed by atoms with Gasteiger partial charge in [-0.05, 0) is 20.3 Å². The number of likely N-dealkylation sites (N-methyl/N-ethyl adjacent to an activating group) is 1. The lowest BCUT2D eigenvalue weighted by Crippen LogP contribution is -3.12. The van der Waals surface area contributed by atoms with Crippen LogP contribution in [0.15, 0.2) is 0 Å². The first kappa shape index (κ1) is 12.9. The zero-order valence-electron chi connectivity index (χ0n) is 9.18. The van der Waals surface area contributed by atoms with Crippen LogP contribution < -0.4 is 4.90 Å². The number of nitrogens with one attached hydrogen (secondary N) is 1. The molecule has 1 atom stereocenters. The molecule has 0 aliphatic rings. The standard InChI is InChI=1S/C10H23NO2/c1-4-7-13-9-10(12)8-11(5-2)6-3/h10,12H,4-9H2,1-3H3/p+1/t10-/m0/s1. The topological polar surface area (TPSA) is 33.9 Å². The fourth-order valence-electron chi connectivity index (χ4n) is 1.29. The summed E-state index contributed by atoms with van der Waals surface area (Å²) in [4.78, 5) is 1.42. The summed E-state index contributed by atoms with van der Waals surface area (Å²) in [7, 11) is 0. The fraction of sp³-hybridized carbons (Fsp3) is 1.00. The van der Waals surface area contributed by atoms with E-state index in [9.17, 15) is 5.11 Å². The van der Waals surface area contributed by atoms with Crippen LogP contribution in [-0.2, 0) is 4.74 Å². The Morgan fingerprint density at radius 2 is 1.85 bits per heavy atom. The molecule has 3 nitrogen and oxygen atoms in total. The minimum atomic E-state index is -0.304. The van der Waals surface area contributed by atoms with E-state index in [0.29, 0.717) is 6.61 Å². The summed E-state index contributed by atoms with van der Waals surface area (Å²) in [5, 5.41) is 9.56. The van der Waals surface area contributed by atoms with Crippen molar-refractivity contribution in [2.24, 2.45) is 0 Å². The number of quaternary nitrogens is 1. The van der Waals surface area contributed by atoms with Crippen molar-refractivity contribution >= 4 is 0 Å². The van der Waals surface area contributed by atoms with Crippen LogP contribution in [0.4, 0.5) is 0 Å². The van der Waals surface area contributed by atoms with Gasteiger partial charge in [-0.3, -0.25) is 0 Å². The van der Waals surface area contributed by atoms with Crippen molar-refractivity contribution < 1.29 is 14.7 Å². The molecule has 2 N–H and O–H groups in total. The predicted molar refractivity (Wildman–Crippen MR) is 54.0 cm³/mol. The molecule has 0 radical (unpaired) electrons. The lowest BCUT2D eigenvalue weighted by atomic mass is 10.3. The Morgan fingerprint density at radius 1 is 1.23 bits per heavy atom. The zero-order chi connectivity index (χ0) is 10.1. The third-order valence-corrected chi connectivity index (χ3v) is 2.18. The summed E-state index contributed by atoms with van der Waals surface area (Å²) in [5.74, 6) is 0. The third kappa shape index (κ3) is 6.99. The van der Waals surface area contributed by atoms with Gasteiger partial charge in [0.25, 0.3) is 0 Å². The Balaban J connectivity index is 3.42. The molecule has 80 valence electrons. The van der Waals surface area contributed by atoms with Gasteiger partial charge < -0.3 is 14.7 Å². The van der Waals surface area contributed by atoms with Gasteiger partial charge in [0, 0.05) is 6.61 Å². The summed E-state index contributed by atoms with van der Waals surface area (Å²) >= 11 is 0. The van der Waals surface area contributed by atoms with Gasteiger partial charge in [0.1, 0.15) is 12.6 Å². The monoisotopic (exact) mass is 190 g/mol. The molecular weight excluding hydrogens is 166 g/mol. The third-order valence-electron chi connectivity index (χ3n) is 2.18. The molecule has 3 heteroatoms. The molecule has 13 heavy (non-hydrogen) atoms. The molecule has 0 aliphatic carbocycles. The predicted octanol–water partition coefficient (Wildman–Crippen LogP) is -0.301. The van der Waals surface area contributed by atoms with Crippen LogP contribution in [0.5, 0.6) is 0 Å². The number of hydrogen-bond donors (Lipinski definition) is 2. The second-order valence-corrected chi connectivity index (χ2v) is 3.39. The number of ether oxygens (including phenoxy) is 1. The molecule has 0 bridgehead atoms. The van der Waals surface area contributed by atoms with Crippen LogP contribution in [-0.4, -0.2) is 44.1 Å². The first-order valence-corrected chi connectivity index (χ1v) is 5.33. The maximum atomic E-state index is 9.56. The molecule has 0 heterocycles. The summed E-state index contributed by atoms with van der Waals surface area (Å²) in [6.45, 7) is 10.5. The molecular formula is C10H24NO2+. The number of hydrogen-bond acceptors (Lipinski definition) is 2. The van der Waals surface area contributed by atoms with E-state index < -0.39 is 0 Å². The Morgan fingerprint density at radius 3 is 2.31 bits per heavy atom. The van der Waals surface area contributed by atoms with Gasteiger partial charge in [-0.25, -0.2) is 0 Å².